The predicted molar refractivity (Wildman–Crippen MR) is 75.0 cm³/mol. The van der Waals surface area contributed by atoms with Crippen molar-refractivity contribution in [1.29, 1.82) is 0 Å². The van der Waals surface area contributed by atoms with E-state index in [1.165, 1.54) is 6.42 Å². The summed E-state index contributed by atoms with van der Waals surface area (Å²) in [5.74, 6) is 0.250. The van der Waals surface area contributed by atoms with E-state index in [-0.39, 0.29) is 12.5 Å². The second-order valence-corrected chi connectivity index (χ2v) is 5.63. The number of aliphatic hydroxyl groups is 1. The Labute approximate surface area is 115 Å². The van der Waals surface area contributed by atoms with E-state index < -0.39 is 0 Å². The lowest BCUT2D eigenvalue weighted by Gasteiger charge is -2.38. The van der Waals surface area contributed by atoms with Crippen molar-refractivity contribution in [2.24, 2.45) is 0 Å². The first-order valence-corrected chi connectivity index (χ1v) is 7.64. The molecule has 2 aliphatic rings. The van der Waals surface area contributed by atoms with Crippen LogP contribution in [-0.2, 0) is 4.79 Å². The maximum Gasteiger partial charge on any atom is 0.236 e. The van der Waals surface area contributed by atoms with Crippen LogP contribution in [0, 0.1) is 0 Å². The number of nitrogens with one attached hydrogen (secondary N) is 1. The highest BCUT2D eigenvalue weighted by molar-refractivity contribution is 5.78. The normalized spacial score (nSPS) is 21.7. The topological polar surface area (TPSA) is 55.8 Å². The lowest BCUT2D eigenvalue weighted by molar-refractivity contribution is -0.136. The molecule has 1 aliphatic heterocycles. The van der Waals surface area contributed by atoms with Crippen LogP contribution in [0.3, 0.4) is 0 Å². The summed E-state index contributed by atoms with van der Waals surface area (Å²) >= 11 is 0. The zero-order valence-electron chi connectivity index (χ0n) is 11.8. The SMILES string of the molecule is O=C(CN1CCCNCC1)N(CCCO)C1CCC1. The van der Waals surface area contributed by atoms with E-state index in [1.807, 2.05) is 4.90 Å². The van der Waals surface area contributed by atoms with Crippen LogP contribution in [0.1, 0.15) is 32.1 Å². The first-order valence-electron chi connectivity index (χ1n) is 7.64. The minimum absolute atomic E-state index is 0.171. The van der Waals surface area contributed by atoms with Gasteiger partial charge >= 0.3 is 0 Å². The monoisotopic (exact) mass is 269 g/mol. The van der Waals surface area contributed by atoms with Crippen molar-refractivity contribution in [2.45, 2.75) is 38.1 Å². The highest BCUT2D eigenvalue weighted by Gasteiger charge is 2.29. The van der Waals surface area contributed by atoms with Crippen LogP contribution in [0.2, 0.25) is 0 Å². The molecule has 5 nitrogen and oxygen atoms in total. The van der Waals surface area contributed by atoms with Crippen molar-refractivity contribution >= 4 is 5.91 Å². The number of aliphatic hydroxyl groups excluding tert-OH is 1. The molecule has 0 spiro atoms. The number of amides is 1. The van der Waals surface area contributed by atoms with Gasteiger partial charge in [-0.15, -0.1) is 0 Å². The summed E-state index contributed by atoms with van der Waals surface area (Å²) < 4.78 is 0. The molecular formula is C14H27N3O2. The summed E-state index contributed by atoms with van der Waals surface area (Å²) in [6, 6.07) is 0.434. The second kappa shape index (κ2) is 7.82. The lowest BCUT2D eigenvalue weighted by Crippen LogP contribution is -2.49. The molecular weight excluding hydrogens is 242 g/mol. The summed E-state index contributed by atoms with van der Waals surface area (Å²) in [4.78, 5) is 16.7. The molecule has 1 aliphatic carbocycles. The Hall–Kier alpha value is -0.650. The van der Waals surface area contributed by atoms with Gasteiger partial charge in [-0.25, -0.2) is 0 Å². The van der Waals surface area contributed by atoms with Crippen molar-refractivity contribution in [3.05, 3.63) is 0 Å². The molecule has 2 fully saturated rings. The molecule has 0 aromatic rings. The average molecular weight is 269 g/mol. The van der Waals surface area contributed by atoms with E-state index >= 15 is 0 Å². The molecule has 0 bridgehead atoms. The fraction of sp³-hybridized carbons (Fsp3) is 0.929. The van der Waals surface area contributed by atoms with Gasteiger partial charge in [0.15, 0.2) is 0 Å². The van der Waals surface area contributed by atoms with Gasteiger partial charge in [0.2, 0.25) is 5.91 Å². The number of nitrogens with zero attached hydrogens (tertiary/aromatic N) is 2. The quantitative estimate of drug-likeness (QED) is 0.715. The van der Waals surface area contributed by atoms with E-state index in [4.69, 9.17) is 5.11 Å². The zero-order valence-corrected chi connectivity index (χ0v) is 11.8. The first-order chi connectivity index (χ1) is 9.31. The van der Waals surface area contributed by atoms with Gasteiger partial charge in [-0.2, -0.15) is 0 Å². The molecule has 19 heavy (non-hydrogen) atoms. The van der Waals surface area contributed by atoms with Crippen molar-refractivity contribution in [3.63, 3.8) is 0 Å². The molecule has 1 amide bonds. The van der Waals surface area contributed by atoms with Gasteiger partial charge in [0.1, 0.15) is 0 Å². The maximum absolute atomic E-state index is 12.4. The van der Waals surface area contributed by atoms with Gasteiger partial charge in [-0.1, -0.05) is 0 Å². The van der Waals surface area contributed by atoms with E-state index in [0.717, 1.165) is 45.4 Å². The van der Waals surface area contributed by atoms with Gasteiger partial charge < -0.3 is 15.3 Å². The van der Waals surface area contributed by atoms with E-state index in [1.54, 1.807) is 0 Å². The lowest BCUT2D eigenvalue weighted by atomic mass is 9.91. The maximum atomic E-state index is 12.4. The molecule has 110 valence electrons. The third kappa shape index (κ3) is 4.44. The third-order valence-corrected chi connectivity index (χ3v) is 4.18. The van der Waals surface area contributed by atoms with Crippen molar-refractivity contribution < 1.29 is 9.90 Å². The summed E-state index contributed by atoms with van der Waals surface area (Å²) in [6.45, 7) is 5.44. The van der Waals surface area contributed by atoms with Crippen LogP contribution < -0.4 is 5.32 Å². The number of hydrogen-bond acceptors (Lipinski definition) is 4. The molecule has 0 radical (unpaired) electrons. The minimum Gasteiger partial charge on any atom is -0.396 e. The third-order valence-electron chi connectivity index (χ3n) is 4.18. The van der Waals surface area contributed by atoms with Crippen LogP contribution in [0.5, 0.6) is 0 Å². The molecule has 2 rings (SSSR count). The fourth-order valence-electron chi connectivity index (χ4n) is 2.79. The molecule has 1 saturated carbocycles. The van der Waals surface area contributed by atoms with Crippen LogP contribution in [0.25, 0.3) is 0 Å². The number of carbonyl (C=O) groups is 1. The summed E-state index contributed by atoms with van der Waals surface area (Å²) in [5.41, 5.74) is 0. The molecule has 0 aromatic heterocycles. The van der Waals surface area contributed by atoms with Gasteiger partial charge in [-0.3, -0.25) is 9.69 Å². The molecule has 0 aromatic carbocycles. The smallest absolute Gasteiger partial charge is 0.236 e. The van der Waals surface area contributed by atoms with E-state index in [9.17, 15) is 4.79 Å². The predicted octanol–water partition coefficient (Wildman–Crippen LogP) is 0.0452. The second-order valence-electron chi connectivity index (χ2n) is 5.63. The largest absolute Gasteiger partial charge is 0.396 e. The number of carbonyl (C=O) groups excluding carboxylic acids is 1. The Morgan fingerprint density at radius 1 is 1.26 bits per heavy atom. The Morgan fingerprint density at radius 3 is 2.79 bits per heavy atom. The standard InChI is InChI=1S/C14H27N3O2/c18-11-3-9-17(13-4-1-5-13)14(19)12-16-8-2-6-15-7-10-16/h13,15,18H,1-12H2. The Balaban J connectivity index is 1.82. The van der Waals surface area contributed by atoms with E-state index in [0.29, 0.717) is 25.6 Å². The van der Waals surface area contributed by atoms with Crippen LogP contribution in [-0.4, -0.2) is 72.7 Å². The Kier molecular flexibility index (Phi) is 6.07. The summed E-state index contributed by atoms with van der Waals surface area (Å²) in [5, 5.41) is 12.3. The van der Waals surface area contributed by atoms with Crippen LogP contribution in [0.15, 0.2) is 0 Å². The number of rotatable bonds is 6. The highest BCUT2D eigenvalue weighted by Crippen LogP contribution is 2.25. The molecule has 1 saturated heterocycles. The van der Waals surface area contributed by atoms with Crippen molar-refractivity contribution in [1.82, 2.24) is 15.1 Å². The average Bonchev–Trinajstić information content (AvgIpc) is 2.60. The Bertz CT molecular complexity index is 274. The number of hydrogen-bond donors (Lipinski definition) is 2. The molecule has 0 atom stereocenters. The molecule has 1 heterocycles. The molecule has 2 N–H and O–H groups in total. The van der Waals surface area contributed by atoms with E-state index in [2.05, 4.69) is 10.2 Å². The highest BCUT2D eigenvalue weighted by atomic mass is 16.3. The van der Waals surface area contributed by atoms with Gasteiger partial charge in [0.05, 0.1) is 6.54 Å². The van der Waals surface area contributed by atoms with Gasteiger partial charge in [0, 0.05) is 32.3 Å². The first kappa shape index (κ1) is 14.8. The van der Waals surface area contributed by atoms with Crippen molar-refractivity contribution in [2.75, 3.05) is 45.9 Å². The Morgan fingerprint density at radius 2 is 2.11 bits per heavy atom. The zero-order chi connectivity index (χ0) is 13.5. The fourth-order valence-corrected chi connectivity index (χ4v) is 2.79. The van der Waals surface area contributed by atoms with Gasteiger partial charge in [0.25, 0.3) is 0 Å². The minimum atomic E-state index is 0.171. The van der Waals surface area contributed by atoms with Crippen LogP contribution >= 0.6 is 0 Å². The summed E-state index contributed by atoms with van der Waals surface area (Å²) in [7, 11) is 0. The van der Waals surface area contributed by atoms with Crippen LogP contribution in [0.4, 0.5) is 0 Å². The summed E-state index contributed by atoms with van der Waals surface area (Å²) in [6.07, 6.45) is 5.33. The molecule has 0 unspecified atom stereocenters. The van der Waals surface area contributed by atoms with Gasteiger partial charge in [-0.05, 0) is 45.2 Å². The van der Waals surface area contributed by atoms with Crippen molar-refractivity contribution in [3.8, 4) is 0 Å². The molecule has 5 heteroatoms.